The summed E-state index contributed by atoms with van der Waals surface area (Å²) in [7, 11) is 3.16. The van der Waals surface area contributed by atoms with Crippen molar-refractivity contribution in [1.29, 1.82) is 0 Å². The van der Waals surface area contributed by atoms with Crippen molar-refractivity contribution in [3.8, 4) is 11.4 Å². The molecule has 0 aliphatic rings. The summed E-state index contributed by atoms with van der Waals surface area (Å²) in [4.78, 5) is 45.9. The Kier molecular flexibility index (Phi) is 5.77. The van der Waals surface area contributed by atoms with E-state index in [1.165, 1.54) is 18.6 Å². The smallest absolute Gasteiger partial charge is 0.346 e. The number of H-pyrrole nitrogens is 1. The van der Waals surface area contributed by atoms with Gasteiger partial charge in [0.2, 0.25) is 0 Å². The fraction of sp³-hybridized carbons (Fsp3) is 0.120. The van der Waals surface area contributed by atoms with E-state index in [0.717, 1.165) is 33.7 Å². The number of methoxy groups -OCH3 is 1. The first-order chi connectivity index (χ1) is 17.3. The number of anilines is 1. The highest BCUT2D eigenvalue weighted by Gasteiger charge is 2.22. The van der Waals surface area contributed by atoms with Crippen molar-refractivity contribution in [2.24, 2.45) is 0 Å². The van der Waals surface area contributed by atoms with Crippen LogP contribution in [0.25, 0.3) is 27.4 Å². The molecule has 0 aliphatic carbocycles. The van der Waals surface area contributed by atoms with Crippen LogP contribution in [-0.2, 0) is 6.54 Å². The van der Waals surface area contributed by atoms with Crippen LogP contribution in [0.1, 0.15) is 15.2 Å². The number of aromatic nitrogens is 3. The van der Waals surface area contributed by atoms with E-state index in [-0.39, 0.29) is 27.2 Å². The number of halogens is 1. The number of aromatic carboxylic acids is 1. The van der Waals surface area contributed by atoms with E-state index in [1.807, 2.05) is 24.3 Å². The summed E-state index contributed by atoms with van der Waals surface area (Å²) < 4.78 is 21.2. The van der Waals surface area contributed by atoms with Gasteiger partial charge < -0.3 is 19.7 Å². The van der Waals surface area contributed by atoms with E-state index in [2.05, 4.69) is 9.97 Å². The monoisotopic (exact) mass is 506 g/mol. The highest BCUT2D eigenvalue weighted by molar-refractivity contribution is 7.13. The lowest BCUT2D eigenvalue weighted by Crippen LogP contribution is -2.34. The van der Waals surface area contributed by atoms with Gasteiger partial charge in [0.1, 0.15) is 10.6 Å². The number of thiophene rings is 1. The highest BCUT2D eigenvalue weighted by Crippen LogP contribution is 2.33. The molecule has 0 fully saturated rings. The number of hydrogen-bond acceptors (Lipinski definition) is 7. The van der Waals surface area contributed by atoms with Crippen LogP contribution in [0.3, 0.4) is 0 Å². The lowest BCUT2D eigenvalue weighted by molar-refractivity contribution is 0.0704. The number of benzene rings is 2. The van der Waals surface area contributed by atoms with Crippen LogP contribution in [0, 0.1) is 5.82 Å². The van der Waals surface area contributed by atoms with Crippen LogP contribution in [0.2, 0.25) is 0 Å². The Hall–Kier alpha value is -4.51. The molecular weight excluding hydrogens is 487 g/mol. The average molecular weight is 507 g/mol. The third-order valence-corrected chi connectivity index (χ3v) is 6.90. The lowest BCUT2D eigenvalue weighted by atomic mass is 10.1. The predicted molar refractivity (Wildman–Crippen MR) is 135 cm³/mol. The number of carbonyl (C=O) groups is 1. The predicted octanol–water partition coefficient (Wildman–Crippen LogP) is 3.77. The van der Waals surface area contributed by atoms with Gasteiger partial charge in [-0.1, -0.05) is 18.2 Å². The Labute approximate surface area is 206 Å². The van der Waals surface area contributed by atoms with Crippen molar-refractivity contribution >= 4 is 44.7 Å². The van der Waals surface area contributed by atoms with Gasteiger partial charge in [0.15, 0.2) is 5.82 Å². The Balaban J connectivity index is 1.66. The molecule has 2 N–H and O–H groups in total. The van der Waals surface area contributed by atoms with Crippen molar-refractivity contribution < 1.29 is 19.0 Å². The lowest BCUT2D eigenvalue weighted by Gasteiger charge is -2.24. The summed E-state index contributed by atoms with van der Waals surface area (Å²) in [6.45, 7) is 0.391. The SMILES string of the molecule is COc1cc(F)c(-n2c(=O)[nH]c3csc(C(=O)O)c3c2=O)cc1N(C)Cc1cccc2ccncc12. The zero-order valence-electron chi connectivity index (χ0n) is 19.1. The third-order valence-electron chi connectivity index (χ3n) is 5.93. The minimum atomic E-state index is -1.31. The second-order valence-electron chi connectivity index (χ2n) is 8.07. The van der Waals surface area contributed by atoms with Gasteiger partial charge in [-0.3, -0.25) is 9.78 Å². The summed E-state index contributed by atoms with van der Waals surface area (Å²) in [5.41, 5.74) is -0.681. The molecule has 0 bridgehead atoms. The summed E-state index contributed by atoms with van der Waals surface area (Å²) in [5.74, 6) is -1.99. The largest absolute Gasteiger partial charge is 0.494 e. The van der Waals surface area contributed by atoms with Gasteiger partial charge >= 0.3 is 11.7 Å². The normalized spacial score (nSPS) is 11.2. The van der Waals surface area contributed by atoms with Gasteiger partial charge in [-0.2, -0.15) is 0 Å². The first-order valence-electron chi connectivity index (χ1n) is 10.7. The first kappa shape index (κ1) is 23.2. The highest BCUT2D eigenvalue weighted by atomic mass is 32.1. The molecular formula is C25H19FN4O5S. The molecule has 0 saturated heterocycles. The molecule has 0 saturated carbocycles. The zero-order chi connectivity index (χ0) is 25.6. The molecule has 0 radical (unpaired) electrons. The maximum Gasteiger partial charge on any atom is 0.346 e. The minimum Gasteiger partial charge on any atom is -0.494 e. The molecule has 11 heteroatoms. The van der Waals surface area contributed by atoms with E-state index in [4.69, 9.17) is 4.74 Å². The summed E-state index contributed by atoms with van der Waals surface area (Å²) >= 11 is 0.808. The molecule has 36 heavy (non-hydrogen) atoms. The average Bonchev–Trinajstić information content (AvgIpc) is 3.29. The molecule has 0 atom stereocenters. The van der Waals surface area contributed by atoms with E-state index in [0.29, 0.717) is 16.8 Å². The van der Waals surface area contributed by atoms with Crippen molar-refractivity contribution in [3.63, 3.8) is 0 Å². The van der Waals surface area contributed by atoms with Crippen molar-refractivity contribution in [3.05, 3.63) is 91.3 Å². The van der Waals surface area contributed by atoms with Crippen molar-refractivity contribution in [2.45, 2.75) is 6.54 Å². The van der Waals surface area contributed by atoms with E-state index < -0.39 is 23.0 Å². The van der Waals surface area contributed by atoms with Gasteiger partial charge in [-0.05, 0) is 23.1 Å². The first-order valence-corrected chi connectivity index (χ1v) is 11.6. The number of hydrogen-bond donors (Lipinski definition) is 2. The van der Waals surface area contributed by atoms with Crippen molar-refractivity contribution in [1.82, 2.24) is 14.5 Å². The number of fused-ring (bicyclic) bond motifs is 2. The molecule has 9 nitrogen and oxygen atoms in total. The summed E-state index contributed by atoms with van der Waals surface area (Å²) in [6.07, 6.45) is 3.47. The molecule has 3 heterocycles. The standard InChI is InChI=1S/C25H19FN4O5S/c1-29(11-14-5-3-4-13-6-7-27-10-15(13)14)19-9-18(16(26)8-20(19)35-2)30-23(31)21-17(28-25(30)34)12-36-22(21)24(32)33/h3-10,12H,11H2,1-2H3,(H,28,34)(H,32,33). The Morgan fingerprint density at radius 2 is 2.08 bits per heavy atom. The van der Waals surface area contributed by atoms with Gasteiger partial charge in [0.05, 0.1) is 29.4 Å². The molecule has 5 rings (SSSR count). The van der Waals surface area contributed by atoms with Crippen LogP contribution in [0.15, 0.2) is 63.8 Å². The molecule has 0 amide bonds. The number of aromatic amines is 1. The molecule has 182 valence electrons. The van der Waals surface area contributed by atoms with E-state index in [9.17, 15) is 19.5 Å². The fourth-order valence-corrected chi connectivity index (χ4v) is 5.06. The number of nitrogens with one attached hydrogen (secondary N) is 1. The van der Waals surface area contributed by atoms with Gasteiger partial charge in [0, 0.05) is 42.8 Å². The quantitative estimate of drug-likeness (QED) is 0.360. The summed E-state index contributed by atoms with van der Waals surface area (Å²) in [6, 6.07) is 10.2. The number of nitrogens with zero attached hydrogens (tertiary/aromatic N) is 3. The number of pyridine rings is 1. The van der Waals surface area contributed by atoms with E-state index in [1.54, 1.807) is 24.3 Å². The summed E-state index contributed by atoms with van der Waals surface area (Å²) in [5, 5.41) is 12.6. The topological polar surface area (TPSA) is 118 Å². The number of carboxylic acids is 1. The number of carboxylic acid groups (broad SMARTS) is 1. The maximum absolute atomic E-state index is 15.2. The van der Waals surface area contributed by atoms with Gasteiger partial charge in [-0.15, -0.1) is 11.3 Å². The Morgan fingerprint density at radius 1 is 1.28 bits per heavy atom. The number of ether oxygens (including phenoxy) is 1. The van der Waals surface area contributed by atoms with Crippen LogP contribution in [0.4, 0.5) is 10.1 Å². The molecule has 2 aromatic carbocycles. The molecule has 3 aromatic heterocycles. The van der Waals surface area contributed by atoms with Crippen LogP contribution >= 0.6 is 11.3 Å². The molecule has 0 spiro atoms. The Bertz CT molecular complexity index is 1770. The second kappa shape index (κ2) is 8.93. The number of rotatable bonds is 6. The molecule has 0 unspecified atom stereocenters. The van der Waals surface area contributed by atoms with Crippen LogP contribution in [0.5, 0.6) is 5.75 Å². The minimum absolute atomic E-state index is 0.0828. The third kappa shape index (κ3) is 3.79. The van der Waals surface area contributed by atoms with Gasteiger partial charge in [-0.25, -0.2) is 18.5 Å². The van der Waals surface area contributed by atoms with E-state index >= 15 is 4.39 Å². The fourth-order valence-electron chi connectivity index (χ4n) is 4.23. The molecule has 5 aromatic rings. The molecule has 0 aliphatic heterocycles. The van der Waals surface area contributed by atoms with Crippen LogP contribution in [-0.4, -0.2) is 39.8 Å². The van der Waals surface area contributed by atoms with Gasteiger partial charge in [0.25, 0.3) is 5.56 Å². The zero-order valence-corrected chi connectivity index (χ0v) is 19.9. The maximum atomic E-state index is 15.2. The van der Waals surface area contributed by atoms with Crippen LogP contribution < -0.4 is 20.9 Å². The second-order valence-corrected chi connectivity index (χ2v) is 8.95. The van der Waals surface area contributed by atoms with Crippen molar-refractivity contribution in [2.75, 3.05) is 19.1 Å². The Morgan fingerprint density at radius 3 is 2.83 bits per heavy atom.